The quantitative estimate of drug-likeness (QED) is 0.608. The van der Waals surface area contributed by atoms with Crippen LogP contribution in [0, 0.1) is 0 Å². The minimum absolute atomic E-state index is 0.0979. The zero-order valence-corrected chi connectivity index (χ0v) is 14.9. The van der Waals surface area contributed by atoms with Gasteiger partial charge in [-0.15, -0.1) is 0 Å². The minimum atomic E-state index is -0.0979. The molecule has 0 spiro atoms. The average Bonchev–Trinajstić information content (AvgIpc) is 3.10. The Morgan fingerprint density at radius 2 is 2.04 bits per heavy atom. The van der Waals surface area contributed by atoms with Gasteiger partial charge in [0.05, 0.1) is 17.8 Å². The van der Waals surface area contributed by atoms with E-state index >= 15 is 0 Å². The molecule has 0 bridgehead atoms. The summed E-state index contributed by atoms with van der Waals surface area (Å²) < 4.78 is 11.1. The van der Waals surface area contributed by atoms with E-state index < -0.39 is 0 Å². The van der Waals surface area contributed by atoms with E-state index in [1.807, 2.05) is 37.3 Å². The molecule has 128 valence electrons. The number of hydrogen-bond acceptors (Lipinski definition) is 4. The summed E-state index contributed by atoms with van der Waals surface area (Å²) in [5.41, 5.74) is 1.58. The van der Waals surface area contributed by atoms with Crippen LogP contribution >= 0.6 is 23.2 Å². The van der Waals surface area contributed by atoms with Crippen molar-refractivity contribution in [3.05, 3.63) is 65.1 Å². The highest BCUT2D eigenvalue weighted by atomic mass is 35.5. The van der Waals surface area contributed by atoms with Crippen molar-refractivity contribution >= 4 is 34.3 Å². The van der Waals surface area contributed by atoms with Crippen molar-refractivity contribution in [1.82, 2.24) is 4.98 Å². The lowest BCUT2D eigenvalue weighted by atomic mass is 10.2. The largest absolute Gasteiger partial charge is 0.503 e. The Morgan fingerprint density at radius 3 is 2.76 bits per heavy atom. The summed E-state index contributed by atoms with van der Waals surface area (Å²) in [6.07, 6.45) is 3.27. The maximum Gasteiger partial charge on any atom is 0.238 e. The summed E-state index contributed by atoms with van der Waals surface area (Å²) in [6.45, 7) is 2.23. The first-order valence-corrected chi connectivity index (χ1v) is 8.38. The van der Waals surface area contributed by atoms with Gasteiger partial charge in [0.2, 0.25) is 5.89 Å². The smallest absolute Gasteiger partial charge is 0.238 e. The number of halogens is 2. The second-order valence-corrected chi connectivity index (χ2v) is 5.98. The van der Waals surface area contributed by atoms with E-state index in [9.17, 15) is 5.11 Å². The van der Waals surface area contributed by atoms with Crippen molar-refractivity contribution in [3.8, 4) is 22.8 Å². The molecule has 0 radical (unpaired) electrons. The minimum Gasteiger partial charge on any atom is -0.503 e. The molecule has 0 fully saturated rings. The Balaban J connectivity index is 1.91. The highest BCUT2D eigenvalue weighted by Gasteiger charge is 2.12. The zero-order valence-electron chi connectivity index (χ0n) is 13.4. The number of ether oxygens (including phenoxy) is 1. The van der Waals surface area contributed by atoms with Gasteiger partial charge in [-0.25, -0.2) is 4.98 Å². The standard InChI is InChI=1S/C19H15Cl2NO3/c1-2-24-16-10-12(8-14(20)18(16)23)9-15(21)19-22-11-17(25-19)13-6-4-3-5-7-13/h3-11,23H,2H2,1H3/b15-9-. The van der Waals surface area contributed by atoms with Crippen molar-refractivity contribution in [2.24, 2.45) is 0 Å². The third-order valence-corrected chi connectivity index (χ3v) is 3.97. The lowest BCUT2D eigenvalue weighted by molar-refractivity contribution is 0.318. The van der Waals surface area contributed by atoms with Crippen molar-refractivity contribution < 1.29 is 14.3 Å². The third-order valence-electron chi connectivity index (χ3n) is 3.41. The molecule has 3 aromatic rings. The van der Waals surface area contributed by atoms with Crippen LogP contribution in [-0.2, 0) is 0 Å². The van der Waals surface area contributed by atoms with Crippen LogP contribution in [0.4, 0.5) is 0 Å². The van der Waals surface area contributed by atoms with E-state index in [1.54, 1.807) is 24.4 Å². The van der Waals surface area contributed by atoms with Gasteiger partial charge in [-0.05, 0) is 30.7 Å². The fourth-order valence-electron chi connectivity index (χ4n) is 2.27. The average molecular weight is 376 g/mol. The van der Waals surface area contributed by atoms with Crippen LogP contribution < -0.4 is 4.74 Å². The number of hydrogen-bond donors (Lipinski definition) is 1. The fraction of sp³-hybridized carbons (Fsp3) is 0.105. The summed E-state index contributed by atoms with van der Waals surface area (Å²) in [7, 11) is 0. The summed E-state index contributed by atoms with van der Waals surface area (Å²) in [5.74, 6) is 1.12. The molecule has 0 unspecified atom stereocenters. The summed E-state index contributed by atoms with van der Waals surface area (Å²) in [5, 5.41) is 10.4. The number of phenols is 1. The molecule has 3 rings (SSSR count). The van der Waals surface area contributed by atoms with Gasteiger partial charge in [-0.2, -0.15) is 0 Å². The first kappa shape index (κ1) is 17.4. The number of rotatable bonds is 5. The second-order valence-electron chi connectivity index (χ2n) is 5.17. The molecule has 2 aromatic carbocycles. The normalized spacial score (nSPS) is 11.6. The summed E-state index contributed by atoms with van der Waals surface area (Å²) >= 11 is 12.3. The molecule has 1 N–H and O–H groups in total. The highest BCUT2D eigenvalue weighted by molar-refractivity contribution is 6.50. The van der Waals surface area contributed by atoms with Crippen molar-refractivity contribution in [1.29, 1.82) is 0 Å². The van der Waals surface area contributed by atoms with Gasteiger partial charge < -0.3 is 14.3 Å². The Hall–Kier alpha value is -2.43. The molecule has 1 aromatic heterocycles. The van der Waals surface area contributed by atoms with Crippen LogP contribution in [0.1, 0.15) is 18.4 Å². The van der Waals surface area contributed by atoms with E-state index in [0.29, 0.717) is 34.6 Å². The van der Waals surface area contributed by atoms with Crippen LogP contribution in [0.25, 0.3) is 22.4 Å². The van der Waals surface area contributed by atoms with Gasteiger partial charge >= 0.3 is 0 Å². The lowest BCUT2D eigenvalue weighted by Crippen LogP contribution is -1.92. The van der Waals surface area contributed by atoms with Crippen LogP contribution in [0.3, 0.4) is 0 Å². The fourth-order valence-corrected chi connectivity index (χ4v) is 2.70. The molecule has 25 heavy (non-hydrogen) atoms. The molecule has 0 amide bonds. The predicted octanol–water partition coefficient (Wildman–Crippen LogP) is 5.84. The maximum absolute atomic E-state index is 9.89. The lowest BCUT2D eigenvalue weighted by Gasteiger charge is -2.08. The van der Waals surface area contributed by atoms with Crippen molar-refractivity contribution in [3.63, 3.8) is 0 Å². The van der Waals surface area contributed by atoms with E-state index in [-0.39, 0.29) is 10.8 Å². The van der Waals surface area contributed by atoms with Gasteiger partial charge in [-0.3, -0.25) is 0 Å². The summed E-state index contributed by atoms with van der Waals surface area (Å²) in [4.78, 5) is 4.21. The number of phenolic OH excluding ortho intramolecular Hbond substituents is 1. The molecular weight excluding hydrogens is 361 g/mol. The van der Waals surface area contributed by atoms with Gasteiger partial charge in [0.15, 0.2) is 17.3 Å². The Labute approximate surface area is 155 Å². The Bertz CT molecular complexity index is 904. The predicted molar refractivity (Wildman–Crippen MR) is 99.9 cm³/mol. The molecule has 0 saturated heterocycles. The first-order valence-electron chi connectivity index (χ1n) is 7.62. The topological polar surface area (TPSA) is 55.5 Å². The molecule has 0 saturated carbocycles. The van der Waals surface area contributed by atoms with E-state index in [4.69, 9.17) is 32.4 Å². The van der Waals surface area contributed by atoms with Gasteiger partial charge in [-0.1, -0.05) is 53.5 Å². The SMILES string of the molecule is CCOc1cc(/C=C(\Cl)c2ncc(-c3ccccc3)o2)cc(Cl)c1O. The first-order chi connectivity index (χ1) is 12.1. The Morgan fingerprint density at radius 1 is 1.28 bits per heavy atom. The van der Waals surface area contributed by atoms with Gasteiger partial charge in [0, 0.05) is 5.56 Å². The van der Waals surface area contributed by atoms with Crippen molar-refractivity contribution in [2.75, 3.05) is 6.61 Å². The van der Waals surface area contributed by atoms with Crippen molar-refractivity contribution in [2.45, 2.75) is 6.92 Å². The number of aromatic hydroxyl groups is 1. The molecule has 1 heterocycles. The number of benzene rings is 2. The highest BCUT2D eigenvalue weighted by Crippen LogP contribution is 2.36. The molecule has 0 aliphatic carbocycles. The molecule has 6 heteroatoms. The third kappa shape index (κ3) is 3.98. The maximum atomic E-state index is 9.89. The van der Waals surface area contributed by atoms with E-state index in [0.717, 1.165) is 5.56 Å². The van der Waals surface area contributed by atoms with Gasteiger partial charge in [0.25, 0.3) is 0 Å². The van der Waals surface area contributed by atoms with Crippen LogP contribution in [-0.4, -0.2) is 16.7 Å². The number of nitrogens with zero attached hydrogens (tertiary/aromatic N) is 1. The number of oxazole rings is 1. The van der Waals surface area contributed by atoms with Crippen LogP contribution in [0.15, 0.2) is 53.1 Å². The zero-order chi connectivity index (χ0) is 17.8. The van der Waals surface area contributed by atoms with E-state index in [2.05, 4.69) is 4.98 Å². The Kier molecular flexibility index (Phi) is 5.31. The van der Waals surface area contributed by atoms with Crippen LogP contribution in [0.5, 0.6) is 11.5 Å². The van der Waals surface area contributed by atoms with Crippen LogP contribution in [0.2, 0.25) is 5.02 Å². The summed E-state index contributed by atoms with van der Waals surface area (Å²) in [6, 6.07) is 12.9. The molecular formula is C19H15Cl2NO3. The van der Waals surface area contributed by atoms with E-state index in [1.165, 1.54) is 0 Å². The van der Waals surface area contributed by atoms with Gasteiger partial charge in [0.1, 0.15) is 5.03 Å². The molecule has 4 nitrogen and oxygen atoms in total. The molecule has 0 aliphatic rings. The second kappa shape index (κ2) is 7.64. The molecule has 0 aliphatic heterocycles. The monoisotopic (exact) mass is 375 g/mol. The molecule has 0 atom stereocenters. The number of aromatic nitrogens is 1.